The highest BCUT2D eigenvalue weighted by Gasteiger charge is 2.37. The van der Waals surface area contributed by atoms with E-state index in [0.29, 0.717) is 5.91 Å². The average Bonchev–Trinajstić information content (AvgIpc) is 3.31. The molecule has 1 aliphatic rings. The Morgan fingerprint density at radius 1 is 1.15 bits per heavy atom. The van der Waals surface area contributed by atoms with Gasteiger partial charge in [0.1, 0.15) is 0 Å². The number of carbonyl (C=O) groups excluding carboxylic acids is 1. The normalized spacial score (nSPS) is 15.9. The second-order valence-corrected chi connectivity index (χ2v) is 7.95. The summed E-state index contributed by atoms with van der Waals surface area (Å²) in [5, 5.41) is 7.56. The van der Waals surface area contributed by atoms with E-state index in [1.54, 1.807) is 0 Å². The van der Waals surface area contributed by atoms with E-state index in [-0.39, 0.29) is 5.41 Å². The summed E-state index contributed by atoms with van der Waals surface area (Å²) in [5.41, 5.74) is 3.25. The first-order valence-corrected chi connectivity index (χ1v) is 9.94. The number of rotatable bonds is 8. The van der Waals surface area contributed by atoms with Gasteiger partial charge in [0.15, 0.2) is 0 Å². The molecule has 1 amide bonds. The van der Waals surface area contributed by atoms with Crippen molar-refractivity contribution < 1.29 is 4.79 Å². The SMILES string of the molecule is CN(CCCCCc1cc(-c2ccccc2)n[nH]1)C(=O)C1(C)CCCC1. The number of hydrogen-bond acceptors (Lipinski definition) is 2. The fraction of sp³-hybridized carbons (Fsp3) is 0.545. The molecular formula is C22H31N3O. The quantitative estimate of drug-likeness (QED) is 0.691. The second kappa shape index (κ2) is 8.52. The Morgan fingerprint density at radius 2 is 1.88 bits per heavy atom. The molecule has 0 spiro atoms. The van der Waals surface area contributed by atoms with Gasteiger partial charge in [-0.15, -0.1) is 0 Å². The Morgan fingerprint density at radius 3 is 2.62 bits per heavy atom. The molecule has 0 saturated heterocycles. The maximum Gasteiger partial charge on any atom is 0.228 e. The van der Waals surface area contributed by atoms with Gasteiger partial charge in [-0.25, -0.2) is 0 Å². The van der Waals surface area contributed by atoms with Crippen LogP contribution in [0.2, 0.25) is 0 Å². The van der Waals surface area contributed by atoms with E-state index in [1.165, 1.54) is 18.5 Å². The number of H-pyrrole nitrogens is 1. The molecule has 1 N–H and O–H groups in total. The van der Waals surface area contributed by atoms with Crippen molar-refractivity contribution in [3.8, 4) is 11.3 Å². The fourth-order valence-corrected chi connectivity index (χ4v) is 4.02. The van der Waals surface area contributed by atoms with Crippen molar-refractivity contribution >= 4 is 5.91 Å². The lowest BCUT2D eigenvalue weighted by Crippen LogP contribution is -2.39. The maximum absolute atomic E-state index is 12.6. The molecule has 4 nitrogen and oxygen atoms in total. The van der Waals surface area contributed by atoms with Crippen LogP contribution >= 0.6 is 0 Å². The second-order valence-electron chi connectivity index (χ2n) is 7.95. The molecule has 1 saturated carbocycles. The smallest absolute Gasteiger partial charge is 0.228 e. The Kier molecular flexibility index (Phi) is 6.12. The molecule has 1 aliphatic carbocycles. The minimum absolute atomic E-state index is 0.0987. The third-order valence-electron chi connectivity index (χ3n) is 5.71. The summed E-state index contributed by atoms with van der Waals surface area (Å²) in [6.07, 6.45) is 8.84. The van der Waals surface area contributed by atoms with Gasteiger partial charge in [0.05, 0.1) is 5.69 Å². The minimum atomic E-state index is -0.0987. The predicted molar refractivity (Wildman–Crippen MR) is 106 cm³/mol. The molecular weight excluding hydrogens is 322 g/mol. The van der Waals surface area contributed by atoms with Gasteiger partial charge < -0.3 is 4.90 Å². The molecule has 4 heteroatoms. The van der Waals surface area contributed by atoms with Crippen LogP contribution in [0.25, 0.3) is 11.3 Å². The van der Waals surface area contributed by atoms with Gasteiger partial charge in [-0.3, -0.25) is 9.89 Å². The largest absolute Gasteiger partial charge is 0.345 e. The van der Waals surface area contributed by atoms with Crippen molar-refractivity contribution in [2.24, 2.45) is 5.41 Å². The summed E-state index contributed by atoms with van der Waals surface area (Å²) in [4.78, 5) is 14.6. The van der Waals surface area contributed by atoms with Crippen LogP contribution in [0.3, 0.4) is 0 Å². The molecule has 140 valence electrons. The number of nitrogens with one attached hydrogen (secondary N) is 1. The zero-order valence-corrected chi connectivity index (χ0v) is 16.1. The van der Waals surface area contributed by atoms with Gasteiger partial charge in [-0.2, -0.15) is 5.10 Å². The van der Waals surface area contributed by atoms with E-state index in [9.17, 15) is 4.79 Å². The minimum Gasteiger partial charge on any atom is -0.345 e. The number of hydrogen-bond donors (Lipinski definition) is 1. The Balaban J connectivity index is 1.37. The lowest BCUT2D eigenvalue weighted by atomic mass is 9.87. The van der Waals surface area contributed by atoms with Crippen molar-refractivity contribution in [1.29, 1.82) is 0 Å². The standard InChI is InChI=1S/C22H31N3O/c1-22(14-8-9-15-22)21(26)25(2)16-10-4-7-13-19-17-20(24-23-19)18-11-5-3-6-12-18/h3,5-6,11-12,17H,4,7-10,13-16H2,1-2H3,(H,23,24). The number of carbonyl (C=O) groups is 1. The summed E-state index contributed by atoms with van der Waals surface area (Å²) in [6.45, 7) is 3.01. The molecule has 26 heavy (non-hydrogen) atoms. The van der Waals surface area contributed by atoms with E-state index in [0.717, 1.165) is 56.3 Å². The molecule has 0 bridgehead atoms. The van der Waals surface area contributed by atoms with E-state index in [2.05, 4.69) is 35.3 Å². The van der Waals surface area contributed by atoms with Gasteiger partial charge in [0.2, 0.25) is 5.91 Å². The molecule has 1 aromatic heterocycles. The number of benzene rings is 1. The number of unbranched alkanes of at least 4 members (excludes halogenated alkanes) is 2. The first-order chi connectivity index (χ1) is 12.6. The summed E-state index contributed by atoms with van der Waals surface area (Å²) in [7, 11) is 1.97. The van der Waals surface area contributed by atoms with Crippen molar-refractivity contribution in [2.75, 3.05) is 13.6 Å². The third kappa shape index (κ3) is 4.54. The van der Waals surface area contributed by atoms with Gasteiger partial charge >= 0.3 is 0 Å². The number of amides is 1. The molecule has 0 radical (unpaired) electrons. The lowest BCUT2D eigenvalue weighted by molar-refractivity contribution is -0.139. The molecule has 0 unspecified atom stereocenters. The zero-order chi connectivity index (χ0) is 18.4. The van der Waals surface area contributed by atoms with Crippen LogP contribution < -0.4 is 0 Å². The molecule has 2 aromatic rings. The van der Waals surface area contributed by atoms with Crippen LogP contribution in [-0.4, -0.2) is 34.6 Å². The van der Waals surface area contributed by atoms with Crippen molar-refractivity contribution in [3.05, 3.63) is 42.1 Å². The van der Waals surface area contributed by atoms with Crippen LogP contribution in [0, 0.1) is 5.41 Å². The topological polar surface area (TPSA) is 49.0 Å². The molecule has 1 fully saturated rings. The maximum atomic E-state index is 12.6. The van der Waals surface area contributed by atoms with Crippen molar-refractivity contribution in [3.63, 3.8) is 0 Å². The van der Waals surface area contributed by atoms with Crippen LogP contribution in [0.4, 0.5) is 0 Å². The van der Waals surface area contributed by atoms with E-state index in [1.807, 2.05) is 30.1 Å². The lowest BCUT2D eigenvalue weighted by Gasteiger charge is -2.28. The Labute approximate surface area is 157 Å². The molecule has 1 aromatic carbocycles. The predicted octanol–water partition coefficient (Wildman–Crippen LogP) is 4.83. The van der Waals surface area contributed by atoms with Crippen LogP contribution in [0.15, 0.2) is 36.4 Å². The first kappa shape index (κ1) is 18.7. The average molecular weight is 354 g/mol. The number of aromatic nitrogens is 2. The van der Waals surface area contributed by atoms with Gasteiger partial charge in [0.25, 0.3) is 0 Å². The molecule has 1 heterocycles. The van der Waals surface area contributed by atoms with Crippen molar-refractivity contribution in [1.82, 2.24) is 15.1 Å². The van der Waals surface area contributed by atoms with Gasteiger partial charge in [-0.05, 0) is 38.2 Å². The number of aryl methyl sites for hydroxylation is 1. The Bertz CT molecular complexity index is 701. The monoisotopic (exact) mass is 353 g/mol. The molecule has 3 rings (SSSR count). The van der Waals surface area contributed by atoms with Crippen LogP contribution in [0.1, 0.15) is 57.6 Å². The molecule has 0 aliphatic heterocycles. The number of nitrogens with zero attached hydrogens (tertiary/aromatic N) is 2. The molecule has 0 atom stereocenters. The fourth-order valence-electron chi connectivity index (χ4n) is 4.02. The summed E-state index contributed by atoms with van der Waals surface area (Å²) >= 11 is 0. The highest BCUT2D eigenvalue weighted by Crippen LogP contribution is 2.38. The van der Waals surface area contributed by atoms with Crippen molar-refractivity contribution in [2.45, 2.75) is 58.3 Å². The first-order valence-electron chi connectivity index (χ1n) is 9.94. The van der Waals surface area contributed by atoms with E-state index in [4.69, 9.17) is 0 Å². The van der Waals surface area contributed by atoms with Gasteiger partial charge in [0, 0.05) is 30.3 Å². The zero-order valence-electron chi connectivity index (χ0n) is 16.1. The summed E-state index contributed by atoms with van der Waals surface area (Å²) in [5.74, 6) is 0.344. The summed E-state index contributed by atoms with van der Waals surface area (Å²) in [6, 6.07) is 12.4. The van der Waals surface area contributed by atoms with Crippen LogP contribution in [-0.2, 0) is 11.2 Å². The number of aromatic amines is 1. The van der Waals surface area contributed by atoms with E-state index < -0.39 is 0 Å². The van der Waals surface area contributed by atoms with E-state index >= 15 is 0 Å². The summed E-state index contributed by atoms with van der Waals surface area (Å²) < 4.78 is 0. The highest BCUT2D eigenvalue weighted by atomic mass is 16.2. The third-order valence-corrected chi connectivity index (χ3v) is 5.71. The highest BCUT2D eigenvalue weighted by molar-refractivity contribution is 5.82. The van der Waals surface area contributed by atoms with Crippen LogP contribution in [0.5, 0.6) is 0 Å². The van der Waals surface area contributed by atoms with Gasteiger partial charge in [-0.1, -0.05) is 56.5 Å². The Hall–Kier alpha value is -2.10.